The molecule has 9 heteroatoms. The molecule has 0 saturated heterocycles. The fourth-order valence-electron chi connectivity index (χ4n) is 2.48. The molecule has 0 aliphatic heterocycles. The van der Waals surface area contributed by atoms with Crippen LogP contribution in [0.2, 0.25) is 0 Å². The van der Waals surface area contributed by atoms with Crippen LogP contribution in [0.15, 0.2) is 29.3 Å². The Balaban J connectivity index is 1.93. The monoisotopic (exact) mass is 366 g/mol. The van der Waals surface area contributed by atoms with Crippen molar-refractivity contribution in [3.63, 3.8) is 0 Å². The van der Waals surface area contributed by atoms with Gasteiger partial charge in [-0.15, -0.1) is 0 Å². The van der Waals surface area contributed by atoms with Gasteiger partial charge in [-0.2, -0.15) is 9.61 Å². The zero-order valence-electron chi connectivity index (χ0n) is 13.8. The summed E-state index contributed by atoms with van der Waals surface area (Å²) in [6, 6.07) is 6.86. The quantitative estimate of drug-likeness (QED) is 0.750. The number of rotatable bonds is 5. The molecule has 0 spiro atoms. The van der Waals surface area contributed by atoms with Gasteiger partial charge in [0.2, 0.25) is 4.96 Å². The lowest BCUT2D eigenvalue weighted by Crippen LogP contribution is -2.28. The van der Waals surface area contributed by atoms with Gasteiger partial charge >= 0.3 is 0 Å². The molecule has 7 nitrogen and oxygen atoms in total. The van der Waals surface area contributed by atoms with Crippen molar-refractivity contribution >= 4 is 26.3 Å². The third-order valence-electron chi connectivity index (χ3n) is 3.63. The molecule has 2 aromatic heterocycles. The number of fused-ring (bicyclic) bond motifs is 1. The van der Waals surface area contributed by atoms with E-state index in [4.69, 9.17) is 4.74 Å². The van der Waals surface area contributed by atoms with Gasteiger partial charge in [0.1, 0.15) is 10.8 Å². The first kappa shape index (κ1) is 16.9. The molecule has 0 saturated carbocycles. The number of benzene rings is 1. The number of hydrogen-bond donors (Lipinski definition) is 1. The zero-order chi connectivity index (χ0) is 17.5. The van der Waals surface area contributed by atoms with E-state index in [1.807, 2.05) is 19.1 Å². The standard InChI is InChI=1S/C15H18N4O3S2/c1-9(12-5-7-13(22-4)8-6-12)18-24(20,21)14-10(2)16-15-19(14)17-11(3)23-15/h5-9,18H,1-4H3/t9-/m0/s1. The number of ether oxygens (including phenoxy) is 1. The van der Waals surface area contributed by atoms with Crippen LogP contribution in [0, 0.1) is 13.8 Å². The van der Waals surface area contributed by atoms with E-state index in [-0.39, 0.29) is 5.03 Å². The summed E-state index contributed by atoms with van der Waals surface area (Å²) in [5.74, 6) is 0.722. The minimum Gasteiger partial charge on any atom is -0.497 e. The molecule has 24 heavy (non-hydrogen) atoms. The lowest BCUT2D eigenvalue weighted by atomic mass is 10.1. The van der Waals surface area contributed by atoms with E-state index in [0.717, 1.165) is 16.3 Å². The number of hydrogen-bond acceptors (Lipinski definition) is 6. The van der Waals surface area contributed by atoms with Gasteiger partial charge in [-0.3, -0.25) is 0 Å². The Morgan fingerprint density at radius 1 is 1.25 bits per heavy atom. The third kappa shape index (κ3) is 3.02. The van der Waals surface area contributed by atoms with E-state index in [0.29, 0.717) is 10.7 Å². The maximum atomic E-state index is 12.8. The Labute approximate surface area is 144 Å². The number of nitrogens with zero attached hydrogens (tertiary/aromatic N) is 3. The largest absolute Gasteiger partial charge is 0.497 e. The first-order chi connectivity index (χ1) is 11.3. The Morgan fingerprint density at radius 2 is 1.92 bits per heavy atom. The van der Waals surface area contributed by atoms with Gasteiger partial charge in [-0.25, -0.2) is 18.1 Å². The van der Waals surface area contributed by atoms with Crippen molar-refractivity contribution in [2.24, 2.45) is 0 Å². The number of imidazole rings is 1. The number of sulfonamides is 1. The predicted octanol–water partition coefficient (Wildman–Crippen LogP) is 2.46. The highest BCUT2D eigenvalue weighted by Gasteiger charge is 2.27. The van der Waals surface area contributed by atoms with E-state index in [2.05, 4.69) is 14.8 Å². The molecule has 1 atom stereocenters. The second-order valence-corrected chi connectivity index (χ2v) is 8.22. The van der Waals surface area contributed by atoms with Gasteiger partial charge in [-0.1, -0.05) is 23.5 Å². The maximum absolute atomic E-state index is 12.8. The average Bonchev–Trinajstić information content (AvgIpc) is 3.00. The van der Waals surface area contributed by atoms with Crippen LogP contribution in [0.5, 0.6) is 5.75 Å². The lowest BCUT2D eigenvalue weighted by Gasteiger charge is -2.14. The molecule has 3 aromatic rings. The van der Waals surface area contributed by atoms with E-state index in [1.54, 1.807) is 33.1 Å². The number of nitrogens with one attached hydrogen (secondary N) is 1. The summed E-state index contributed by atoms with van der Waals surface area (Å²) >= 11 is 1.36. The van der Waals surface area contributed by atoms with E-state index < -0.39 is 16.1 Å². The molecule has 1 N–H and O–H groups in total. The molecule has 0 aliphatic carbocycles. The van der Waals surface area contributed by atoms with E-state index in [1.165, 1.54) is 15.9 Å². The number of aryl methyl sites for hydroxylation is 2. The van der Waals surface area contributed by atoms with Crippen molar-refractivity contribution < 1.29 is 13.2 Å². The normalized spacial score (nSPS) is 13.3. The highest BCUT2D eigenvalue weighted by Crippen LogP contribution is 2.24. The Morgan fingerprint density at radius 3 is 2.54 bits per heavy atom. The van der Waals surface area contributed by atoms with Gasteiger partial charge in [0, 0.05) is 6.04 Å². The molecular formula is C15H18N4O3S2. The molecule has 0 aliphatic rings. The maximum Gasteiger partial charge on any atom is 0.260 e. The minimum absolute atomic E-state index is 0.0854. The fourth-order valence-corrected chi connectivity index (χ4v) is 4.83. The van der Waals surface area contributed by atoms with E-state index in [9.17, 15) is 8.42 Å². The van der Waals surface area contributed by atoms with Crippen molar-refractivity contribution in [3.05, 3.63) is 40.5 Å². The van der Waals surface area contributed by atoms with Gasteiger partial charge in [0.15, 0.2) is 5.03 Å². The van der Waals surface area contributed by atoms with Crippen LogP contribution in [-0.4, -0.2) is 30.1 Å². The molecular weight excluding hydrogens is 348 g/mol. The van der Waals surface area contributed by atoms with Crippen LogP contribution in [0.3, 0.4) is 0 Å². The van der Waals surface area contributed by atoms with Crippen molar-refractivity contribution in [3.8, 4) is 5.75 Å². The molecule has 0 amide bonds. The van der Waals surface area contributed by atoms with Crippen molar-refractivity contribution in [1.29, 1.82) is 0 Å². The fraction of sp³-hybridized carbons (Fsp3) is 0.333. The van der Waals surface area contributed by atoms with Crippen molar-refractivity contribution in [1.82, 2.24) is 19.3 Å². The van der Waals surface area contributed by atoms with Gasteiger partial charge in [0.25, 0.3) is 10.0 Å². The van der Waals surface area contributed by atoms with Crippen LogP contribution in [0.25, 0.3) is 4.96 Å². The molecule has 3 rings (SSSR count). The highest BCUT2D eigenvalue weighted by molar-refractivity contribution is 7.89. The summed E-state index contributed by atoms with van der Waals surface area (Å²) in [7, 11) is -2.17. The Kier molecular flexibility index (Phi) is 4.33. The van der Waals surface area contributed by atoms with Gasteiger partial charge in [0.05, 0.1) is 12.8 Å². The lowest BCUT2D eigenvalue weighted by molar-refractivity contribution is 0.414. The van der Waals surface area contributed by atoms with Crippen LogP contribution >= 0.6 is 11.3 Å². The van der Waals surface area contributed by atoms with Crippen LogP contribution in [0.4, 0.5) is 0 Å². The molecule has 0 bridgehead atoms. The first-order valence-corrected chi connectivity index (χ1v) is 9.61. The SMILES string of the molecule is COc1ccc([C@H](C)NS(=O)(=O)c2c(C)nc3sc(C)nn23)cc1. The molecule has 0 unspecified atom stereocenters. The van der Waals surface area contributed by atoms with Crippen LogP contribution in [-0.2, 0) is 10.0 Å². The van der Waals surface area contributed by atoms with E-state index >= 15 is 0 Å². The topological polar surface area (TPSA) is 85.6 Å². The summed E-state index contributed by atoms with van der Waals surface area (Å²) in [5, 5.41) is 5.09. The molecule has 2 heterocycles. The van der Waals surface area contributed by atoms with Crippen molar-refractivity contribution in [2.45, 2.75) is 31.8 Å². The first-order valence-electron chi connectivity index (χ1n) is 7.31. The second kappa shape index (κ2) is 6.15. The second-order valence-electron chi connectivity index (χ2n) is 5.43. The molecule has 128 valence electrons. The summed E-state index contributed by atoms with van der Waals surface area (Å²) < 4.78 is 34.8. The highest BCUT2D eigenvalue weighted by atomic mass is 32.2. The van der Waals surface area contributed by atoms with Crippen molar-refractivity contribution in [2.75, 3.05) is 7.11 Å². The molecule has 1 aromatic carbocycles. The molecule has 0 radical (unpaired) electrons. The third-order valence-corrected chi connectivity index (χ3v) is 6.09. The number of methoxy groups -OCH3 is 1. The average molecular weight is 366 g/mol. The van der Waals surface area contributed by atoms with Gasteiger partial charge in [-0.05, 0) is 38.5 Å². The summed E-state index contributed by atoms with van der Waals surface area (Å²) in [4.78, 5) is 4.86. The number of aromatic nitrogens is 3. The predicted molar refractivity (Wildman–Crippen MR) is 92.1 cm³/mol. The Bertz CT molecular complexity index is 974. The minimum atomic E-state index is -3.76. The summed E-state index contributed by atoms with van der Waals surface area (Å²) in [6.07, 6.45) is 0. The van der Waals surface area contributed by atoms with Gasteiger partial charge < -0.3 is 4.74 Å². The summed E-state index contributed by atoms with van der Waals surface area (Å²) in [5.41, 5.74) is 1.27. The molecule has 0 fully saturated rings. The van der Waals surface area contributed by atoms with Crippen LogP contribution < -0.4 is 9.46 Å². The summed E-state index contributed by atoms with van der Waals surface area (Å²) in [6.45, 7) is 5.28. The Hall–Kier alpha value is -1.97. The smallest absolute Gasteiger partial charge is 0.260 e. The van der Waals surface area contributed by atoms with Crippen LogP contribution in [0.1, 0.15) is 29.2 Å². The zero-order valence-corrected chi connectivity index (χ0v) is 15.4.